The number of benzene rings is 2. The van der Waals surface area contributed by atoms with E-state index in [2.05, 4.69) is 13.2 Å². The molecule has 2 aromatic rings. The van der Waals surface area contributed by atoms with Gasteiger partial charge in [0.25, 0.3) is 0 Å². The van der Waals surface area contributed by atoms with Gasteiger partial charge in [0.2, 0.25) is 0 Å². The Labute approximate surface area is 195 Å². The molecule has 0 fully saturated rings. The first-order chi connectivity index (χ1) is 15.7. The lowest BCUT2D eigenvalue weighted by Gasteiger charge is -2.21. The van der Waals surface area contributed by atoms with Crippen LogP contribution in [-0.4, -0.2) is 30.6 Å². The van der Waals surface area contributed by atoms with Crippen LogP contribution in [0.3, 0.4) is 0 Å². The van der Waals surface area contributed by atoms with Crippen molar-refractivity contribution in [2.45, 2.75) is 46.3 Å². The van der Waals surface area contributed by atoms with Gasteiger partial charge in [-0.05, 0) is 42.2 Å². The molecule has 178 valence electrons. The fourth-order valence-electron chi connectivity index (χ4n) is 3.02. The Morgan fingerprint density at radius 3 is 2.33 bits per heavy atom. The third-order valence-corrected chi connectivity index (χ3v) is 5.08. The lowest BCUT2D eigenvalue weighted by molar-refractivity contribution is -0.134. The number of rotatable bonds is 13. The molecule has 0 amide bonds. The maximum atomic E-state index is 14.6. The second-order valence-electron chi connectivity index (χ2n) is 7.97. The fourth-order valence-corrected chi connectivity index (χ4v) is 3.02. The molecule has 2 unspecified atom stereocenters. The van der Waals surface area contributed by atoms with Gasteiger partial charge in [-0.2, -0.15) is 0 Å². The van der Waals surface area contributed by atoms with Crippen LogP contribution in [0, 0.1) is 11.7 Å². The first kappa shape index (κ1) is 26.3. The second-order valence-corrected chi connectivity index (χ2v) is 7.97. The molecule has 0 bridgehead atoms. The smallest absolute Gasteiger partial charge is 0.310 e. The van der Waals surface area contributed by atoms with Crippen LogP contribution in [0.1, 0.15) is 39.2 Å². The minimum Gasteiger partial charge on any atom is -0.498 e. The van der Waals surface area contributed by atoms with Gasteiger partial charge in [0.1, 0.15) is 11.6 Å². The van der Waals surface area contributed by atoms with Crippen LogP contribution < -0.4 is 4.74 Å². The van der Waals surface area contributed by atoms with Crippen LogP contribution in [0.2, 0.25) is 0 Å². The van der Waals surface area contributed by atoms with E-state index < -0.39 is 18.1 Å². The quantitative estimate of drug-likeness (QED) is 0.135. The van der Waals surface area contributed by atoms with Gasteiger partial charge in [0.05, 0.1) is 19.0 Å². The number of allylic oxidation sites excluding steroid dienone is 1. The molecule has 0 heterocycles. The SMILES string of the molecule is C=C(CC)OCC(COC(O)C(=C)C)Cc1ccc(-c2ccc(OC(=O)CC)cc2F)cc1. The Morgan fingerprint density at radius 2 is 1.76 bits per heavy atom. The molecular weight excluding hydrogens is 423 g/mol. The zero-order valence-corrected chi connectivity index (χ0v) is 19.6. The third-order valence-electron chi connectivity index (χ3n) is 5.08. The monoisotopic (exact) mass is 456 g/mol. The molecule has 33 heavy (non-hydrogen) atoms. The van der Waals surface area contributed by atoms with Crippen molar-refractivity contribution >= 4 is 5.97 Å². The van der Waals surface area contributed by atoms with Crippen LogP contribution in [-0.2, 0) is 20.7 Å². The van der Waals surface area contributed by atoms with Crippen molar-refractivity contribution in [1.29, 1.82) is 0 Å². The zero-order chi connectivity index (χ0) is 24.4. The van der Waals surface area contributed by atoms with Gasteiger partial charge in [0.15, 0.2) is 6.29 Å². The molecule has 6 heteroatoms. The molecule has 5 nitrogen and oxygen atoms in total. The van der Waals surface area contributed by atoms with Crippen molar-refractivity contribution in [3.63, 3.8) is 0 Å². The van der Waals surface area contributed by atoms with E-state index >= 15 is 0 Å². The van der Waals surface area contributed by atoms with Crippen molar-refractivity contribution in [2.75, 3.05) is 13.2 Å². The molecule has 0 spiro atoms. The van der Waals surface area contributed by atoms with E-state index in [0.29, 0.717) is 42.1 Å². The van der Waals surface area contributed by atoms with Gasteiger partial charge in [-0.1, -0.05) is 51.3 Å². The van der Waals surface area contributed by atoms with Crippen molar-refractivity contribution in [1.82, 2.24) is 0 Å². The largest absolute Gasteiger partial charge is 0.498 e. The molecule has 0 aliphatic carbocycles. The van der Waals surface area contributed by atoms with Crippen LogP contribution in [0.5, 0.6) is 5.75 Å². The normalized spacial score (nSPS) is 12.6. The Morgan fingerprint density at radius 1 is 1.06 bits per heavy atom. The summed E-state index contributed by atoms with van der Waals surface area (Å²) in [7, 11) is 0. The van der Waals surface area contributed by atoms with Crippen LogP contribution in [0.4, 0.5) is 4.39 Å². The summed E-state index contributed by atoms with van der Waals surface area (Å²) in [5, 5.41) is 9.89. The Kier molecular flexibility index (Phi) is 10.3. The van der Waals surface area contributed by atoms with Gasteiger partial charge in [-0.3, -0.25) is 4.79 Å². The number of aliphatic hydroxyl groups excluding tert-OH is 1. The van der Waals surface area contributed by atoms with Gasteiger partial charge < -0.3 is 19.3 Å². The fraction of sp³-hybridized carbons (Fsp3) is 0.370. The average Bonchev–Trinajstić information content (AvgIpc) is 2.80. The van der Waals surface area contributed by atoms with Crippen molar-refractivity contribution in [3.05, 3.63) is 78.3 Å². The van der Waals surface area contributed by atoms with Crippen LogP contribution in [0.15, 0.2) is 67.0 Å². The predicted molar refractivity (Wildman–Crippen MR) is 127 cm³/mol. The molecule has 2 rings (SSSR count). The summed E-state index contributed by atoms with van der Waals surface area (Å²) in [5.74, 6) is -0.00655. The standard InChI is InChI=1S/C27H33FO5/c1-6-19(5)31-16-21(17-32-27(30)18(3)4)14-20-8-10-22(11-9-20)24-13-12-23(15-25(24)28)33-26(29)7-2/h8-13,15,21,27,30H,3,5-7,14,16-17H2,1-2,4H3. The van der Waals surface area contributed by atoms with E-state index in [-0.39, 0.29) is 18.1 Å². The minimum atomic E-state index is -1.02. The number of aliphatic hydroxyl groups is 1. The van der Waals surface area contributed by atoms with Gasteiger partial charge in [-0.25, -0.2) is 4.39 Å². The molecule has 2 atom stereocenters. The molecule has 0 aliphatic heterocycles. The van der Waals surface area contributed by atoms with Gasteiger partial charge >= 0.3 is 5.97 Å². The number of ether oxygens (including phenoxy) is 3. The zero-order valence-electron chi connectivity index (χ0n) is 19.6. The van der Waals surface area contributed by atoms with E-state index in [0.717, 1.165) is 12.0 Å². The minimum absolute atomic E-state index is 0.0163. The summed E-state index contributed by atoms with van der Waals surface area (Å²) in [6, 6.07) is 11.9. The van der Waals surface area contributed by atoms with E-state index in [1.807, 2.05) is 31.2 Å². The highest BCUT2D eigenvalue weighted by atomic mass is 19.1. The van der Waals surface area contributed by atoms with Crippen LogP contribution in [0.25, 0.3) is 11.1 Å². The molecule has 0 aromatic heterocycles. The van der Waals surface area contributed by atoms with Crippen molar-refractivity contribution < 1.29 is 28.5 Å². The van der Waals surface area contributed by atoms with E-state index in [1.165, 1.54) is 6.07 Å². The summed E-state index contributed by atoms with van der Waals surface area (Å²) < 4.78 is 30.9. The lowest BCUT2D eigenvalue weighted by Crippen LogP contribution is -2.23. The number of halogens is 1. The molecule has 0 saturated heterocycles. The summed E-state index contributed by atoms with van der Waals surface area (Å²) >= 11 is 0. The number of carbonyl (C=O) groups is 1. The molecule has 0 radical (unpaired) electrons. The topological polar surface area (TPSA) is 65.0 Å². The first-order valence-electron chi connectivity index (χ1n) is 11.1. The molecule has 0 saturated carbocycles. The summed E-state index contributed by atoms with van der Waals surface area (Å²) in [4.78, 5) is 11.4. The van der Waals surface area contributed by atoms with Gasteiger partial charge in [0, 0.05) is 30.4 Å². The van der Waals surface area contributed by atoms with Crippen LogP contribution >= 0.6 is 0 Å². The van der Waals surface area contributed by atoms with E-state index in [1.54, 1.807) is 26.0 Å². The summed E-state index contributed by atoms with van der Waals surface area (Å²) in [6.07, 6.45) is 0.570. The van der Waals surface area contributed by atoms with E-state index in [4.69, 9.17) is 14.2 Å². The highest BCUT2D eigenvalue weighted by molar-refractivity contribution is 5.72. The number of carbonyl (C=O) groups excluding carboxylic acids is 1. The highest BCUT2D eigenvalue weighted by Gasteiger charge is 2.16. The molecule has 1 N–H and O–H groups in total. The summed E-state index contributed by atoms with van der Waals surface area (Å²) in [5.41, 5.74) is 2.70. The maximum Gasteiger partial charge on any atom is 0.310 e. The molecular formula is C27H33FO5. The molecule has 2 aromatic carbocycles. The Balaban J connectivity index is 2.09. The summed E-state index contributed by atoms with van der Waals surface area (Å²) in [6.45, 7) is 13.6. The second kappa shape index (κ2) is 12.9. The average molecular weight is 457 g/mol. The first-order valence-corrected chi connectivity index (χ1v) is 11.1. The highest BCUT2D eigenvalue weighted by Crippen LogP contribution is 2.27. The predicted octanol–water partition coefficient (Wildman–Crippen LogP) is 5.82. The maximum absolute atomic E-state index is 14.6. The number of esters is 1. The van der Waals surface area contributed by atoms with E-state index in [9.17, 15) is 14.3 Å². The third kappa shape index (κ3) is 8.48. The van der Waals surface area contributed by atoms with Crippen molar-refractivity contribution in [2.24, 2.45) is 5.92 Å². The number of hydrogen-bond donors (Lipinski definition) is 1. The lowest BCUT2D eigenvalue weighted by atomic mass is 9.97. The van der Waals surface area contributed by atoms with Gasteiger partial charge in [-0.15, -0.1) is 0 Å². The van der Waals surface area contributed by atoms with Crippen molar-refractivity contribution in [3.8, 4) is 16.9 Å². The molecule has 0 aliphatic rings. The Hall–Kier alpha value is -2.96. The Bertz CT molecular complexity index is 951. The number of hydrogen-bond acceptors (Lipinski definition) is 5.